The van der Waals surface area contributed by atoms with Gasteiger partial charge in [0.25, 0.3) is 0 Å². The predicted octanol–water partition coefficient (Wildman–Crippen LogP) is 1.34. The van der Waals surface area contributed by atoms with Gasteiger partial charge in [-0.25, -0.2) is 4.79 Å². The van der Waals surface area contributed by atoms with Crippen molar-refractivity contribution >= 4 is 29.3 Å². The fraction of sp³-hybridized carbons (Fsp3) is 0.667. The van der Waals surface area contributed by atoms with Gasteiger partial charge in [-0.05, 0) is 32.6 Å². The molecule has 114 valence electrons. The molecule has 1 aliphatic carbocycles. The number of Topliss-reactive ketones (excluding diaryl/α,β-unsaturated/α-hetero) is 1. The van der Waals surface area contributed by atoms with Crippen molar-refractivity contribution in [2.45, 2.75) is 43.7 Å². The number of rotatable bonds is 4. The third-order valence-corrected chi connectivity index (χ3v) is 5.22. The lowest BCUT2D eigenvalue weighted by Crippen LogP contribution is -2.78. The zero-order valence-corrected chi connectivity index (χ0v) is 12.6. The van der Waals surface area contributed by atoms with E-state index < -0.39 is 23.0 Å². The quantitative estimate of drug-likeness (QED) is 0.368. The summed E-state index contributed by atoms with van der Waals surface area (Å²) in [6.45, 7) is 1.66. The molecule has 4 atom stereocenters. The zero-order chi connectivity index (χ0) is 15.3. The minimum Gasteiger partial charge on any atom is -0.453 e. The number of carbonyl (C=O) groups excluding carboxylic acids is 3. The summed E-state index contributed by atoms with van der Waals surface area (Å²) in [5.41, 5.74) is -2.63. The van der Waals surface area contributed by atoms with Gasteiger partial charge in [-0.3, -0.25) is 9.59 Å². The monoisotopic (exact) mass is 311 g/mol. The summed E-state index contributed by atoms with van der Waals surface area (Å²) >= 11 is 5.74. The van der Waals surface area contributed by atoms with Crippen LogP contribution in [0, 0.1) is 11.8 Å². The molecule has 21 heavy (non-hydrogen) atoms. The molecular formula is C15H18ClNO4. The van der Waals surface area contributed by atoms with Gasteiger partial charge in [-0.1, -0.05) is 12.2 Å². The Labute approximate surface area is 128 Å². The minimum absolute atomic E-state index is 0.248. The topological polar surface area (TPSA) is 72.5 Å². The summed E-state index contributed by atoms with van der Waals surface area (Å²) in [6.07, 6.45) is 6.74. The number of ether oxygens (including phenoxy) is 1. The molecule has 0 radical (unpaired) electrons. The van der Waals surface area contributed by atoms with Crippen LogP contribution in [0.2, 0.25) is 0 Å². The Morgan fingerprint density at radius 1 is 1.52 bits per heavy atom. The molecule has 0 saturated carbocycles. The molecule has 0 aromatic rings. The molecule has 6 heteroatoms. The molecule has 0 spiro atoms. The number of nitrogens with one attached hydrogen (secondary N) is 1. The predicted molar refractivity (Wildman–Crippen MR) is 75.7 cm³/mol. The van der Waals surface area contributed by atoms with E-state index in [0.29, 0.717) is 12.8 Å². The second-order valence-electron chi connectivity index (χ2n) is 6.10. The molecule has 2 fully saturated rings. The second kappa shape index (κ2) is 4.83. The average molecular weight is 312 g/mol. The first-order valence-electron chi connectivity index (χ1n) is 7.30. The Morgan fingerprint density at radius 2 is 2.29 bits per heavy atom. The first-order valence-corrected chi connectivity index (χ1v) is 7.83. The molecule has 2 heterocycles. The van der Waals surface area contributed by atoms with Crippen molar-refractivity contribution in [3.8, 4) is 0 Å². The Hall–Kier alpha value is -1.36. The van der Waals surface area contributed by atoms with Crippen molar-refractivity contribution in [2.24, 2.45) is 11.8 Å². The van der Waals surface area contributed by atoms with Crippen LogP contribution >= 0.6 is 11.6 Å². The van der Waals surface area contributed by atoms with Crippen molar-refractivity contribution in [3.63, 3.8) is 0 Å². The highest BCUT2D eigenvalue weighted by Crippen LogP contribution is 2.51. The van der Waals surface area contributed by atoms with Gasteiger partial charge < -0.3 is 10.1 Å². The molecule has 1 N–H and O–H groups in total. The van der Waals surface area contributed by atoms with Gasteiger partial charge >= 0.3 is 5.97 Å². The van der Waals surface area contributed by atoms with Crippen LogP contribution in [0.15, 0.2) is 12.2 Å². The molecule has 3 rings (SSSR count). The highest BCUT2D eigenvalue weighted by atomic mass is 35.5. The number of esters is 1. The lowest BCUT2D eigenvalue weighted by Gasteiger charge is -2.50. The van der Waals surface area contributed by atoms with E-state index in [1.54, 1.807) is 6.92 Å². The van der Waals surface area contributed by atoms with E-state index in [-0.39, 0.29) is 23.5 Å². The van der Waals surface area contributed by atoms with E-state index in [0.717, 1.165) is 12.8 Å². The number of alkyl halides is 1. The number of halogens is 1. The first-order chi connectivity index (χ1) is 9.97. The summed E-state index contributed by atoms with van der Waals surface area (Å²) in [7, 11) is 0. The van der Waals surface area contributed by atoms with Gasteiger partial charge in [0.1, 0.15) is 0 Å². The number of carbonyl (C=O) groups is 3. The SMILES string of the molecule is C[C@@]12OC(=O)[C@]1(C(=O)C1C=CCCC1)NC(=O)[C@@H]2CCCl. The minimum atomic E-state index is -1.52. The fourth-order valence-electron chi connectivity index (χ4n) is 3.76. The van der Waals surface area contributed by atoms with Crippen molar-refractivity contribution < 1.29 is 19.1 Å². The maximum atomic E-state index is 12.9. The zero-order valence-electron chi connectivity index (χ0n) is 11.9. The molecule has 0 aromatic carbocycles. The summed E-state index contributed by atoms with van der Waals surface area (Å²) < 4.78 is 5.28. The van der Waals surface area contributed by atoms with Gasteiger partial charge in [-0.15, -0.1) is 11.6 Å². The molecule has 0 bridgehead atoms. The van der Waals surface area contributed by atoms with Crippen molar-refractivity contribution in [1.29, 1.82) is 0 Å². The number of hydrogen-bond donors (Lipinski definition) is 1. The van der Waals surface area contributed by atoms with Gasteiger partial charge in [-0.2, -0.15) is 0 Å². The van der Waals surface area contributed by atoms with Crippen LogP contribution in [0.3, 0.4) is 0 Å². The first kappa shape index (κ1) is 14.6. The number of ketones is 1. The second-order valence-corrected chi connectivity index (χ2v) is 6.47. The lowest BCUT2D eigenvalue weighted by molar-refractivity contribution is -0.218. The van der Waals surface area contributed by atoms with E-state index in [1.165, 1.54) is 0 Å². The standard InChI is InChI=1S/C15H18ClNO4/c1-14-10(7-8-16)12(19)17-15(14,13(20)21-14)11(18)9-5-3-2-4-6-9/h3,5,9-10H,2,4,6-8H2,1H3,(H,17,19)/t9?,10-,14-,15-/m0/s1. The van der Waals surface area contributed by atoms with Crippen LogP contribution in [0.5, 0.6) is 0 Å². The fourth-order valence-corrected chi connectivity index (χ4v) is 3.98. The van der Waals surface area contributed by atoms with Crippen LogP contribution in [-0.4, -0.2) is 34.7 Å². The smallest absolute Gasteiger partial charge is 0.344 e. The molecule has 2 aliphatic heterocycles. The Kier molecular flexibility index (Phi) is 3.35. The summed E-state index contributed by atoms with van der Waals surface area (Å²) in [4.78, 5) is 37.2. The highest BCUT2D eigenvalue weighted by molar-refractivity contribution is 6.21. The normalized spacial score (nSPS) is 41.0. The number of amides is 1. The van der Waals surface area contributed by atoms with Crippen LogP contribution in [-0.2, 0) is 19.1 Å². The largest absolute Gasteiger partial charge is 0.453 e. The molecule has 3 aliphatic rings. The van der Waals surface area contributed by atoms with E-state index in [1.807, 2.05) is 12.2 Å². The van der Waals surface area contributed by atoms with Crippen molar-refractivity contribution in [3.05, 3.63) is 12.2 Å². The molecule has 1 unspecified atom stereocenters. The highest BCUT2D eigenvalue weighted by Gasteiger charge is 2.79. The van der Waals surface area contributed by atoms with Crippen LogP contribution in [0.25, 0.3) is 0 Å². The summed E-state index contributed by atoms with van der Waals surface area (Å²) in [5, 5.41) is 2.63. The third-order valence-electron chi connectivity index (χ3n) is 5.01. The maximum Gasteiger partial charge on any atom is 0.344 e. The Morgan fingerprint density at radius 3 is 2.86 bits per heavy atom. The van der Waals surface area contributed by atoms with Crippen LogP contribution in [0.1, 0.15) is 32.6 Å². The lowest BCUT2D eigenvalue weighted by atomic mass is 9.65. The third kappa shape index (κ3) is 1.73. The Bertz CT molecular complexity index is 546. The summed E-state index contributed by atoms with van der Waals surface area (Å²) in [5.74, 6) is -1.83. The molecule has 2 saturated heterocycles. The van der Waals surface area contributed by atoms with Crippen molar-refractivity contribution in [1.82, 2.24) is 5.32 Å². The van der Waals surface area contributed by atoms with Crippen LogP contribution in [0.4, 0.5) is 0 Å². The van der Waals surface area contributed by atoms with E-state index in [9.17, 15) is 14.4 Å². The van der Waals surface area contributed by atoms with Gasteiger partial charge in [0.2, 0.25) is 11.4 Å². The maximum absolute atomic E-state index is 12.9. The molecule has 1 amide bonds. The number of fused-ring (bicyclic) bond motifs is 1. The molecular weight excluding hydrogens is 294 g/mol. The Balaban J connectivity index is 1.96. The van der Waals surface area contributed by atoms with E-state index in [2.05, 4.69) is 5.32 Å². The number of hydrogen-bond acceptors (Lipinski definition) is 4. The number of allylic oxidation sites excluding steroid dienone is 2. The van der Waals surface area contributed by atoms with Gasteiger partial charge in [0.05, 0.1) is 5.92 Å². The van der Waals surface area contributed by atoms with E-state index >= 15 is 0 Å². The van der Waals surface area contributed by atoms with Gasteiger partial charge in [0.15, 0.2) is 11.4 Å². The average Bonchev–Trinajstić information content (AvgIpc) is 2.65. The van der Waals surface area contributed by atoms with Crippen molar-refractivity contribution in [2.75, 3.05) is 5.88 Å². The molecule has 5 nitrogen and oxygen atoms in total. The van der Waals surface area contributed by atoms with E-state index in [4.69, 9.17) is 16.3 Å². The molecule has 0 aromatic heterocycles. The van der Waals surface area contributed by atoms with Gasteiger partial charge in [0, 0.05) is 11.8 Å². The van der Waals surface area contributed by atoms with Crippen LogP contribution < -0.4 is 5.32 Å². The summed E-state index contributed by atoms with van der Waals surface area (Å²) in [6, 6.07) is 0.